The first-order valence-corrected chi connectivity index (χ1v) is 6.04. The lowest BCUT2D eigenvalue weighted by Crippen LogP contribution is -1.99. The van der Waals surface area contributed by atoms with Crippen LogP contribution >= 0.6 is 0 Å². The first kappa shape index (κ1) is 13.1. The monoisotopic (exact) mass is 257 g/mol. The molecular formula is C15H15NO3. The Bertz CT molecular complexity index is 564. The number of nitrogens with zero attached hydrogens (tertiary/aromatic N) is 1. The van der Waals surface area contributed by atoms with Crippen molar-refractivity contribution in [3.8, 4) is 17.2 Å². The van der Waals surface area contributed by atoms with Gasteiger partial charge in [-0.2, -0.15) is 0 Å². The van der Waals surface area contributed by atoms with E-state index in [4.69, 9.17) is 9.47 Å². The van der Waals surface area contributed by atoms with Crippen molar-refractivity contribution in [3.05, 3.63) is 48.3 Å². The molecule has 0 spiro atoms. The maximum absolute atomic E-state index is 11.4. The molecule has 0 fully saturated rings. The molecule has 0 bridgehead atoms. The molecule has 4 nitrogen and oxygen atoms in total. The molecule has 1 aromatic heterocycles. The molecule has 2 aromatic rings. The van der Waals surface area contributed by atoms with Gasteiger partial charge in [0.1, 0.15) is 22.9 Å². The van der Waals surface area contributed by atoms with Gasteiger partial charge in [0.05, 0.1) is 13.3 Å². The maximum atomic E-state index is 11.4. The number of hydrogen-bond acceptors (Lipinski definition) is 4. The summed E-state index contributed by atoms with van der Waals surface area (Å²) in [5.41, 5.74) is 0.459. The third-order valence-corrected chi connectivity index (χ3v) is 2.62. The normalized spacial score (nSPS) is 10.0. The molecule has 0 aliphatic heterocycles. The SMILES string of the molecule is CCC(=O)c1ccc(Oc2cccc(OC)c2)cn1. The summed E-state index contributed by atoms with van der Waals surface area (Å²) in [5.74, 6) is 1.99. The Kier molecular flexibility index (Phi) is 4.13. The smallest absolute Gasteiger partial charge is 0.180 e. The number of methoxy groups -OCH3 is 1. The number of ether oxygens (including phenoxy) is 2. The van der Waals surface area contributed by atoms with Crippen molar-refractivity contribution >= 4 is 5.78 Å². The van der Waals surface area contributed by atoms with Crippen molar-refractivity contribution in [2.24, 2.45) is 0 Å². The molecule has 0 saturated carbocycles. The quantitative estimate of drug-likeness (QED) is 0.769. The topological polar surface area (TPSA) is 48.4 Å². The van der Waals surface area contributed by atoms with E-state index in [9.17, 15) is 4.79 Å². The van der Waals surface area contributed by atoms with Crippen LogP contribution in [-0.4, -0.2) is 17.9 Å². The highest BCUT2D eigenvalue weighted by molar-refractivity contribution is 5.93. The summed E-state index contributed by atoms with van der Waals surface area (Å²) in [7, 11) is 1.60. The van der Waals surface area contributed by atoms with Crippen molar-refractivity contribution in [3.63, 3.8) is 0 Å². The van der Waals surface area contributed by atoms with E-state index in [-0.39, 0.29) is 5.78 Å². The molecule has 0 aliphatic carbocycles. The van der Waals surface area contributed by atoms with Gasteiger partial charge < -0.3 is 9.47 Å². The molecule has 0 saturated heterocycles. The second-order valence-corrected chi connectivity index (χ2v) is 3.94. The lowest BCUT2D eigenvalue weighted by atomic mass is 10.2. The Balaban J connectivity index is 2.12. The molecule has 19 heavy (non-hydrogen) atoms. The zero-order valence-electron chi connectivity index (χ0n) is 10.9. The number of benzene rings is 1. The Morgan fingerprint density at radius 1 is 1.16 bits per heavy atom. The van der Waals surface area contributed by atoms with Crippen LogP contribution in [0.1, 0.15) is 23.8 Å². The molecule has 0 radical (unpaired) electrons. The van der Waals surface area contributed by atoms with Crippen molar-refractivity contribution in [1.29, 1.82) is 0 Å². The predicted octanol–water partition coefficient (Wildman–Crippen LogP) is 3.48. The number of hydrogen-bond donors (Lipinski definition) is 0. The van der Waals surface area contributed by atoms with Crippen LogP contribution < -0.4 is 9.47 Å². The molecule has 0 atom stereocenters. The van der Waals surface area contributed by atoms with Gasteiger partial charge >= 0.3 is 0 Å². The van der Waals surface area contributed by atoms with Crippen LogP contribution in [0.3, 0.4) is 0 Å². The van der Waals surface area contributed by atoms with E-state index < -0.39 is 0 Å². The Morgan fingerprint density at radius 3 is 2.58 bits per heavy atom. The van der Waals surface area contributed by atoms with Crippen molar-refractivity contribution in [2.45, 2.75) is 13.3 Å². The largest absolute Gasteiger partial charge is 0.497 e. The summed E-state index contributed by atoms with van der Waals surface area (Å²) in [5, 5.41) is 0. The minimum Gasteiger partial charge on any atom is -0.497 e. The van der Waals surface area contributed by atoms with Gasteiger partial charge in [0, 0.05) is 12.5 Å². The second-order valence-electron chi connectivity index (χ2n) is 3.94. The molecule has 2 rings (SSSR count). The van der Waals surface area contributed by atoms with Gasteiger partial charge in [-0.25, -0.2) is 4.98 Å². The number of carbonyl (C=O) groups is 1. The molecule has 98 valence electrons. The summed E-state index contributed by atoms with van der Waals surface area (Å²) in [6.45, 7) is 1.81. The van der Waals surface area contributed by atoms with E-state index in [1.54, 1.807) is 31.5 Å². The highest BCUT2D eigenvalue weighted by Gasteiger charge is 2.05. The number of pyridine rings is 1. The van der Waals surface area contributed by atoms with Gasteiger partial charge in [0.2, 0.25) is 0 Å². The van der Waals surface area contributed by atoms with Gasteiger partial charge in [0.25, 0.3) is 0 Å². The molecule has 4 heteroatoms. The fraction of sp³-hybridized carbons (Fsp3) is 0.200. The standard InChI is InChI=1S/C15H15NO3/c1-3-15(17)14-8-7-13(10-16-14)19-12-6-4-5-11(9-12)18-2/h4-10H,3H2,1-2H3. The summed E-state index contributed by atoms with van der Waals surface area (Å²) < 4.78 is 10.8. The third-order valence-electron chi connectivity index (χ3n) is 2.62. The number of Topliss-reactive ketones (excluding diaryl/α,β-unsaturated/α-hetero) is 1. The summed E-state index contributed by atoms with van der Waals surface area (Å²) in [4.78, 5) is 15.5. The average Bonchev–Trinajstić information content (AvgIpc) is 2.47. The summed E-state index contributed by atoms with van der Waals surface area (Å²) >= 11 is 0. The molecular weight excluding hydrogens is 242 g/mol. The summed E-state index contributed by atoms with van der Waals surface area (Å²) in [6, 6.07) is 10.7. The highest BCUT2D eigenvalue weighted by Crippen LogP contribution is 2.24. The molecule has 1 heterocycles. The van der Waals surface area contributed by atoms with Crippen LogP contribution in [0.4, 0.5) is 0 Å². The lowest BCUT2D eigenvalue weighted by molar-refractivity contribution is 0.0983. The van der Waals surface area contributed by atoms with E-state index in [1.807, 2.05) is 25.1 Å². The minimum atomic E-state index is 0.0212. The van der Waals surface area contributed by atoms with E-state index in [0.717, 1.165) is 5.75 Å². The number of carbonyl (C=O) groups excluding carboxylic acids is 1. The van der Waals surface area contributed by atoms with Crippen LogP contribution in [-0.2, 0) is 0 Å². The number of rotatable bonds is 5. The van der Waals surface area contributed by atoms with Gasteiger partial charge in [-0.05, 0) is 24.3 Å². The Labute approximate surface area is 112 Å². The molecule has 1 aromatic carbocycles. The molecule has 0 N–H and O–H groups in total. The van der Waals surface area contributed by atoms with E-state index in [0.29, 0.717) is 23.6 Å². The van der Waals surface area contributed by atoms with E-state index in [1.165, 1.54) is 0 Å². The van der Waals surface area contributed by atoms with Crippen molar-refractivity contribution in [1.82, 2.24) is 4.98 Å². The van der Waals surface area contributed by atoms with Crippen LogP contribution in [0.15, 0.2) is 42.6 Å². The second kappa shape index (κ2) is 6.00. The van der Waals surface area contributed by atoms with Gasteiger partial charge in [-0.15, -0.1) is 0 Å². The van der Waals surface area contributed by atoms with E-state index in [2.05, 4.69) is 4.98 Å². The van der Waals surface area contributed by atoms with Crippen LogP contribution in [0, 0.1) is 0 Å². The lowest BCUT2D eigenvalue weighted by Gasteiger charge is -2.07. The first-order valence-electron chi connectivity index (χ1n) is 6.04. The molecule has 0 unspecified atom stereocenters. The predicted molar refractivity (Wildman–Crippen MR) is 71.9 cm³/mol. The van der Waals surface area contributed by atoms with Gasteiger partial charge in [-0.3, -0.25) is 4.79 Å². The Hall–Kier alpha value is -2.36. The molecule has 0 amide bonds. The number of ketones is 1. The van der Waals surface area contributed by atoms with Crippen molar-refractivity contribution < 1.29 is 14.3 Å². The molecule has 0 aliphatic rings. The van der Waals surface area contributed by atoms with Gasteiger partial charge in [-0.1, -0.05) is 13.0 Å². The van der Waals surface area contributed by atoms with Crippen LogP contribution in [0.25, 0.3) is 0 Å². The van der Waals surface area contributed by atoms with Crippen LogP contribution in [0.5, 0.6) is 17.2 Å². The van der Waals surface area contributed by atoms with E-state index >= 15 is 0 Å². The summed E-state index contributed by atoms with van der Waals surface area (Å²) in [6.07, 6.45) is 1.99. The first-order chi connectivity index (χ1) is 9.22. The maximum Gasteiger partial charge on any atom is 0.180 e. The minimum absolute atomic E-state index is 0.0212. The van der Waals surface area contributed by atoms with Gasteiger partial charge in [0.15, 0.2) is 5.78 Å². The van der Waals surface area contributed by atoms with Crippen LogP contribution in [0.2, 0.25) is 0 Å². The Morgan fingerprint density at radius 2 is 1.95 bits per heavy atom. The highest BCUT2D eigenvalue weighted by atomic mass is 16.5. The third kappa shape index (κ3) is 3.31. The fourth-order valence-corrected chi connectivity index (χ4v) is 1.59. The fourth-order valence-electron chi connectivity index (χ4n) is 1.59. The average molecular weight is 257 g/mol. The number of aromatic nitrogens is 1. The zero-order valence-corrected chi connectivity index (χ0v) is 10.9. The van der Waals surface area contributed by atoms with Crippen molar-refractivity contribution in [2.75, 3.05) is 7.11 Å². The zero-order chi connectivity index (χ0) is 13.7.